The van der Waals surface area contributed by atoms with Gasteiger partial charge in [-0.2, -0.15) is 0 Å². The molecule has 1 aromatic carbocycles. The highest BCUT2D eigenvalue weighted by atomic mass is 16.5. The van der Waals surface area contributed by atoms with Gasteiger partial charge in [0.2, 0.25) is 0 Å². The first-order valence-corrected chi connectivity index (χ1v) is 6.60. The first-order chi connectivity index (χ1) is 8.24. The lowest BCUT2D eigenvalue weighted by Crippen LogP contribution is -2.33. The van der Waals surface area contributed by atoms with Crippen molar-refractivity contribution in [3.63, 3.8) is 0 Å². The lowest BCUT2D eigenvalue weighted by atomic mass is 9.91. The highest BCUT2D eigenvalue weighted by Gasteiger charge is 2.19. The van der Waals surface area contributed by atoms with Gasteiger partial charge >= 0.3 is 0 Å². The van der Waals surface area contributed by atoms with Crippen LogP contribution in [0.5, 0.6) is 5.75 Å². The molecule has 0 aliphatic rings. The van der Waals surface area contributed by atoms with Crippen LogP contribution in [-0.4, -0.2) is 19.7 Å². The van der Waals surface area contributed by atoms with Gasteiger partial charge in [0.1, 0.15) is 5.75 Å². The third-order valence-electron chi connectivity index (χ3n) is 3.33. The Morgan fingerprint density at radius 2 is 1.94 bits per heavy atom. The predicted molar refractivity (Wildman–Crippen MR) is 73.8 cm³/mol. The van der Waals surface area contributed by atoms with E-state index in [4.69, 9.17) is 4.74 Å². The number of methoxy groups -OCH3 is 1. The van der Waals surface area contributed by atoms with Crippen molar-refractivity contribution >= 4 is 0 Å². The zero-order chi connectivity index (χ0) is 12.7. The Morgan fingerprint density at radius 1 is 1.24 bits per heavy atom. The fourth-order valence-corrected chi connectivity index (χ4v) is 2.26. The number of hydrogen-bond acceptors (Lipinski definition) is 2. The van der Waals surface area contributed by atoms with Crippen molar-refractivity contribution in [2.75, 3.05) is 13.7 Å². The van der Waals surface area contributed by atoms with Crippen molar-refractivity contribution in [2.45, 2.75) is 45.6 Å². The van der Waals surface area contributed by atoms with Gasteiger partial charge in [0.25, 0.3) is 0 Å². The van der Waals surface area contributed by atoms with Crippen LogP contribution in [-0.2, 0) is 0 Å². The van der Waals surface area contributed by atoms with Gasteiger partial charge in [-0.05, 0) is 31.0 Å². The highest BCUT2D eigenvalue weighted by Crippen LogP contribution is 2.29. The van der Waals surface area contributed by atoms with Crippen molar-refractivity contribution in [3.05, 3.63) is 29.8 Å². The van der Waals surface area contributed by atoms with Gasteiger partial charge in [-0.1, -0.05) is 39.0 Å². The minimum atomic E-state index is 0.475. The van der Waals surface area contributed by atoms with Crippen molar-refractivity contribution < 1.29 is 4.74 Å². The Balaban J connectivity index is 2.81. The largest absolute Gasteiger partial charge is 0.496 e. The van der Waals surface area contributed by atoms with E-state index < -0.39 is 0 Å². The fraction of sp³-hybridized carbons (Fsp3) is 0.600. The molecule has 2 nitrogen and oxygen atoms in total. The summed E-state index contributed by atoms with van der Waals surface area (Å²) in [6.07, 6.45) is 2.31. The van der Waals surface area contributed by atoms with E-state index in [1.165, 1.54) is 12.0 Å². The zero-order valence-electron chi connectivity index (χ0n) is 11.5. The molecule has 1 N–H and O–H groups in total. The van der Waals surface area contributed by atoms with Crippen LogP contribution in [0.2, 0.25) is 0 Å². The molecule has 0 aromatic heterocycles. The molecule has 2 atom stereocenters. The summed E-state index contributed by atoms with van der Waals surface area (Å²) < 4.78 is 5.44. The number of rotatable bonds is 7. The monoisotopic (exact) mass is 235 g/mol. The molecule has 0 heterocycles. The molecule has 1 rings (SSSR count). The number of hydrogen-bond donors (Lipinski definition) is 1. The zero-order valence-corrected chi connectivity index (χ0v) is 11.5. The number of ether oxygens (including phenoxy) is 1. The van der Waals surface area contributed by atoms with E-state index in [-0.39, 0.29) is 0 Å². The Labute approximate surface area is 105 Å². The van der Waals surface area contributed by atoms with Gasteiger partial charge in [0.05, 0.1) is 7.11 Å². The van der Waals surface area contributed by atoms with Gasteiger partial charge in [0, 0.05) is 12.0 Å². The first kappa shape index (κ1) is 14.0. The van der Waals surface area contributed by atoms with Gasteiger partial charge in [-0.3, -0.25) is 0 Å². The molecule has 2 unspecified atom stereocenters. The second kappa shape index (κ2) is 7.33. The summed E-state index contributed by atoms with van der Waals surface area (Å²) in [5.41, 5.74) is 1.30. The molecule has 0 spiro atoms. The van der Waals surface area contributed by atoms with Gasteiger partial charge < -0.3 is 10.1 Å². The van der Waals surface area contributed by atoms with Crippen LogP contribution in [0, 0.1) is 0 Å². The summed E-state index contributed by atoms with van der Waals surface area (Å²) in [5.74, 6) is 1.47. The second-order valence-corrected chi connectivity index (χ2v) is 4.50. The van der Waals surface area contributed by atoms with Gasteiger partial charge in [0.15, 0.2) is 0 Å². The maximum Gasteiger partial charge on any atom is 0.122 e. The second-order valence-electron chi connectivity index (χ2n) is 4.50. The number of benzene rings is 1. The lowest BCUT2D eigenvalue weighted by molar-refractivity contribution is 0.388. The molecule has 17 heavy (non-hydrogen) atoms. The molecule has 0 fully saturated rings. The third-order valence-corrected chi connectivity index (χ3v) is 3.33. The van der Waals surface area contributed by atoms with Crippen molar-refractivity contribution in [1.82, 2.24) is 5.32 Å². The maximum absolute atomic E-state index is 5.44. The third kappa shape index (κ3) is 3.74. The summed E-state index contributed by atoms with van der Waals surface area (Å²) in [6, 6.07) is 8.83. The molecule has 2 heteroatoms. The summed E-state index contributed by atoms with van der Waals surface area (Å²) in [5, 5.41) is 3.61. The Kier molecular flexibility index (Phi) is 6.06. The molecule has 1 aromatic rings. The average molecular weight is 235 g/mol. The minimum absolute atomic E-state index is 0.475. The van der Waals surface area contributed by atoms with Crippen LogP contribution in [0.1, 0.15) is 45.1 Å². The molecular weight excluding hydrogens is 210 g/mol. The number of nitrogens with one attached hydrogen (secondary N) is 1. The summed E-state index contributed by atoms with van der Waals surface area (Å²) in [7, 11) is 1.74. The van der Waals surface area contributed by atoms with E-state index in [0.29, 0.717) is 12.0 Å². The number of para-hydroxylation sites is 1. The summed E-state index contributed by atoms with van der Waals surface area (Å²) >= 11 is 0. The minimum Gasteiger partial charge on any atom is -0.496 e. The Morgan fingerprint density at radius 3 is 2.53 bits per heavy atom. The predicted octanol–water partition coefficient (Wildman–Crippen LogP) is 3.58. The quantitative estimate of drug-likeness (QED) is 0.780. The SMILES string of the molecule is CCCNC(CC)C(C)c1ccccc1OC. The lowest BCUT2D eigenvalue weighted by Gasteiger charge is -2.25. The van der Waals surface area contributed by atoms with Gasteiger partial charge in [-0.15, -0.1) is 0 Å². The molecule has 0 amide bonds. The normalized spacial score (nSPS) is 14.4. The van der Waals surface area contributed by atoms with E-state index >= 15 is 0 Å². The van der Waals surface area contributed by atoms with E-state index in [2.05, 4.69) is 38.2 Å². The highest BCUT2D eigenvalue weighted by molar-refractivity contribution is 5.36. The first-order valence-electron chi connectivity index (χ1n) is 6.60. The van der Waals surface area contributed by atoms with Crippen molar-refractivity contribution in [1.29, 1.82) is 0 Å². The van der Waals surface area contributed by atoms with Crippen LogP contribution in [0.3, 0.4) is 0 Å². The van der Waals surface area contributed by atoms with Crippen LogP contribution < -0.4 is 10.1 Å². The summed E-state index contributed by atoms with van der Waals surface area (Å²) in [6.45, 7) is 7.79. The molecular formula is C15H25NO. The molecule has 0 radical (unpaired) electrons. The molecule has 0 bridgehead atoms. The molecule has 0 aliphatic heterocycles. The molecule has 96 valence electrons. The molecule has 0 saturated heterocycles. The standard InChI is InChI=1S/C15H25NO/c1-5-11-16-14(6-2)12(3)13-9-7-8-10-15(13)17-4/h7-10,12,14,16H,5-6,11H2,1-4H3. The smallest absolute Gasteiger partial charge is 0.122 e. The van der Waals surface area contributed by atoms with Crippen LogP contribution in [0.25, 0.3) is 0 Å². The van der Waals surface area contributed by atoms with Crippen LogP contribution >= 0.6 is 0 Å². The molecule has 0 aliphatic carbocycles. The van der Waals surface area contributed by atoms with E-state index in [0.717, 1.165) is 18.7 Å². The fourth-order valence-electron chi connectivity index (χ4n) is 2.26. The molecule has 0 saturated carbocycles. The maximum atomic E-state index is 5.44. The van der Waals surface area contributed by atoms with Crippen LogP contribution in [0.15, 0.2) is 24.3 Å². The average Bonchev–Trinajstić information content (AvgIpc) is 2.39. The topological polar surface area (TPSA) is 21.3 Å². The van der Waals surface area contributed by atoms with Crippen molar-refractivity contribution in [2.24, 2.45) is 0 Å². The van der Waals surface area contributed by atoms with E-state index in [9.17, 15) is 0 Å². The van der Waals surface area contributed by atoms with Gasteiger partial charge in [-0.25, -0.2) is 0 Å². The van der Waals surface area contributed by atoms with E-state index in [1.54, 1.807) is 7.11 Å². The van der Waals surface area contributed by atoms with Crippen LogP contribution in [0.4, 0.5) is 0 Å². The Hall–Kier alpha value is -1.02. The Bertz CT molecular complexity index is 324. The van der Waals surface area contributed by atoms with Crippen molar-refractivity contribution in [3.8, 4) is 5.75 Å². The summed E-state index contributed by atoms with van der Waals surface area (Å²) in [4.78, 5) is 0. The van der Waals surface area contributed by atoms with E-state index in [1.807, 2.05) is 12.1 Å².